The van der Waals surface area contributed by atoms with Crippen LogP contribution in [0.25, 0.3) is 0 Å². The number of hydrogen-bond donors (Lipinski definition) is 0. The fourth-order valence-corrected chi connectivity index (χ4v) is 0.232. The first-order valence-electron chi connectivity index (χ1n) is 2.86. The van der Waals surface area contributed by atoms with Crippen molar-refractivity contribution in [1.29, 1.82) is 5.26 Å². The molecule has 11 heavy (non-hydrogen) atoms. The zero-order valence-corrected chi connectivity index (χ0v) is 7.66. The van der Waals surface area contributed by atoms with Crippen molar-refractivity contribution in [2.24, 2.45) is 5.92 Å². The van der Waals surface area contributed by atoms with Crippen molar-refractivity contribution < 1.29 is 26.6 Å². The molecule has 0 saturated carbocycles. The van der Waals surface area contributed by atoms with E-state index in [1.54, 1.807) is 0 Å². The monoisotopic (exact) mass is 204 g/mol. The zero-order chi connectivity index (χ0) is 8.57. The van der Waals surface area contributed by atoms with Gasteiger partial charge in [-0.05, 0) is 0 Å². The Kier molecular flexibility index (Phi) is 18.6. The summed E-state index contributed by atoms with van der Waals surface area (Å²) < 4.78 is 4.54. The number of rotatable bonds is 2. The fourth-order valence-electron chi connectivity index (χ4n) is 0.232. The largest absolute Gasteiger partial charge is 2.00 e. The predicted molar refractivity (Wildman–Crippen MR) is 35.9 cm³/mol. The van der Waals surface area contributed by atoms with E-state index in [4.69, 9.17) is 11.8 Å². The minimum absolute atomic E-state index is 0. The van der Waals surface area contributed by atoms with Crippen LogP contribution in [0, 0.1) is 24.4 Å². The van der Waals surface area contributed by atoms with Crippen LogP contribution in [0.15, 0.2) is 0 Å². The van der Waals surface area contributed by atoms with Crippen LogP contribution in [0.5, 0.6) is 0 Å². The van der Waals surface area contributed by atoms with E-state index in [1.807, 2.05) is 13.8 Å². The van der Waals surface area contributed by atoms with Crippen molar-refractivity contribution in [3.05, 3.63) is 13.2 Å². The minimum atomic E-state index is -0.251. The van der Waals surface area contributed by atoms with E-state index >= 15 is 0 Å². The molecule has 0 heterocycles. The van der Waals surface area contributed by atoms with E-state index in [0.717, 1.165) is 0 Å². The van der Waals surface area contributed by atoms with Crippen LogP contribution in [-0.2, 0) is 26.6 Å². The van der Waals surface area contributed by atoms with E-state index in [2.05, 4.69) is 4.74 Å². The summed E-state index contributed by atoms with van der Waals surface area (Å²) in [6, 6.07) is 0. The Bertz CT molecular complexity index is 112. The summed E-state index contributed by atoms with van der Waals surface area (Å²) in [6.45, 7) is 11.5. The Morgan fingerprint density at radius 1 is 1.55 bits per heavy atom. The van der Waals surface area contributed by atoms with Crippen LogP contribution >= 0.6 is 0 Å². The van der Waals surface area contributed by atoms with E-state index in [1.165, 1.54) is 13.5 Å². The predicted octanol–water partition coefficient (Wildman–Crippen LogP) is 1.46. The minimum Gasteiger partial charge on any atom is -0.637 e. The Balaban J connectivity index is -0.000000196. The molecule has 0 aliphatic rings. The van der Waals surface area contributed by atoms with Gasteiger partial charge in [-0.3, -0.25) is 4.79 Å². The molecule has 0 aromatic rings. The van der Waals surface area contributed by atoms with Crippen molar-refractivity contribution in [2.45, 2.75) is 20.8 Å². The second kappa shape index (κ2) is 12.2. The number of carbonyl (C=O) groups is 1. The third kappa shape index (κ3) is 26.4. The summed E-state index contributed by atoms with van der Waals surface area (Å²) in [7, 11) is 0. The van der Waals surface area contributed by atoms with Crippen LogP contribution in [0.2, 0.25) is 0 Å². The molecule has 0 aliphatic heterocycles. The van der Waals surface area contributed by atoms with Crippen molar-refractivity contribution >= 4 is 5.97 Å². The van der Waals surface area contributed by atoms with Crippen molar-refractivity contribution in [3.63, 3.8) is 0 Å². The number of nitrogens with zero attached hydrogens (tertiary/aromatic N) is 1. The Hall–Kier alpha value is -0.521. The topological polar surface area (TPSA) is 50.1 Å². The summed E-state index contributed by atoms with van der Waals surface area (Å²) in [5.74, 6) is 0.0672. The smallest absolute Gasteiger partial charge is 0.637 e. The molecular formula is C7H11CuNO2. The average molecular weight is 205 g/mol. The number of ether oxygens (including phenoxy) is 1. The van der Waals surface area contributed by atoms with Gasteiger partial charge in [-0.25, -0.2) is 0 Å². The van der Waals surface area contributed by atoms with Crippen molar-refractivity contribution in [1.82, 2.24) is 0 Å². The summed E-state index contributed by atoms with van der Waals surface area (Å²) >= 11 is 0. The standard InChI is InChI=1S/C6H11O2.CN.Cu/c1-5(2)4-8-6(3)7;1-2;/h4-5H,1-3H3;;/q2*-1;+2. The van der Waals surface area contributed by atoms with Crippen LogP contribution < -0.4 is 0 Å². The van der Waals surface area contributed by atoms with Gasteiger partial charge in [0.05, 0.1) is 0 Å². The van der Waals surface area contributed by atoms with Crippen LogP contribution in [0.3, 0.4) is 0 Å². The maximum atomic E-state index is 10.1. The molecule has 0 saturated heterocycles. The molecule has 0 aromatic heterocycles. The molecule has 0 fully saturated rings. The molecule has 0 amide bonds. The maximum absolute atomic E-state index is 10.1. The zero-order valence-electron chi connectivity index (χ0n) is 6.72. The second-order valence-electron chi connectivity index (χ2n) is 1.99. The maximum Gasteiger partial charge on any atom is 2.00 e. The number of hydrogen-bond acceptors (Lipinski definition) is 3. The number of esters is 1. The molecule has 0 aliphatic carbocycles. The third-order valence-corrected chi connectivity index (χ3v) is 0.506. The van der Waals surface area contributed by atoms with Crippen molar-refractivity contribution in [2.75, 3.05) is 0 Å². The summed E-state index contributed by atoms with van der Waals surface area (Å²) in [5.41, 5.74) is 0. The van der Waals surface area contributed by atoms with Gasteiger partial charge in [-0.15, -0.1) is 5.92 Å². The molecule has 0 N–H and O–H groups in total. The van der Waals surface area contributed by atoms with Gasteiger partial charge in [0.2, 0.25) is 0 Å². The third-order valence-electron chi connectivity index (χ3n) is 0.506. The van der Waals surface area contributed by atoms with Gasteiger partial charge >= 0.3 is 17.1 Å². The molecule has 1 radical (unpaired) electrons. The van der Waals surface area contributed by atoms with Gasteiger partial charge in [-0.1, -0.05) is 13.8 Å². The Morgan fingerprint density at radius 3 is 2.00 bits per heavy atom. The van der Waals surface area contributed by atoms with Crippen LogP contribution in [0.1, 0.15) is 20.8 Å². The first-order valence-corrected chi connectivity index (χ1v) is 2.86. The summed E-state index contributed by atoms with van der Waals surface area (Å²) in [6.07, 6.45) is 0. The normalized spacial score (nSPS) is 7.09. The average Bonchev–Trinajstić information content (AvgIpc) is 1.89. The molecule has 0 spiro atoms. The first kappa shape index (κ1) is 16.8. The summed E-state index contributed by atoms with van der Waals surface area (Å²) in [4.78, 5) is 10.1. The van der Waals surface area contributed by atoms with E-state index in [-0.39, 0.29) is 23.0 Å². The first-order chi connectivity index (χ1) is 4.63. The van der Waals surface area contributed by atoms with E-state index in [9.17, 15) is 4.79 Å². The van der Waals surface area contributed by atoms with E-state index < -0.39 is 0 Å². The van der Waals surface area contributed by atoms with Crippen LogP contribution in [0.4, 0.5) is 0 Å². The quantitative estimate of drug-likeness (QED) is 0.389. The summed E-state index contributed by atoms with van der Waals surface area (Å²) in [5, 5.41) is 6.25. The van der Waals surface area contributed by atoms with E-state index in [0.29, 0.717) is 5.92 Å². The van der Waals surface area contributed by atoms with Gasteiger partial charge in [0.25, 0.3) is 5.97 Å². The van der Waals surface area contributed by atoms with Gasteiger partial charge in [0.1, 0.15) is 0 Å². The Labute approximate surface area is 78.2 Å². The SMILES string of the molecule is CC(=O)O[CH-]C(C)C.[C-]#N.[Cu+2]. The molecule has 0 unspecified atom stereocenters. The van der Waals surface area contributed by atoms with Crippen molar-refractivity contribution in [3.8, 4) is 0 Å². The molecule has 0 bridgehead atoms. The molecule has 4 heteroatoms. The van der Waals surface area contributed by atoms with Gasteiger partial charge < -0.3 is 16.6 Å². The molecule has 67 valence electrons. The molecule has 0 aromatic carbocycles. The molecular weight excluding hydrogens is 194 g/mol. The molecule has 3 nitrogen and oxygen atoms in total. The molecule has 0 rings (SSSR count). The van der Waals surface area contributed by atoms with Gasteiger partial charge in [-0.2, -0.15) is 6.61 Å². The number of carbonyl (C=O) groups excluding carboxylic acids is 1. The fraction of sp³-hybridized carbons (Fsp3) is 0.571. The molecule has 0 atom stereocenters. The van der Waals surface area contributed by atoms with Gasteiger partial charge in [0, 0.05) is 6.92 Å². The Morgan fingerprint density at radius 2 is 1.91 bits per heavy atom. The van der Waals surface area contributed by atoms with Gasteiger partial charge in [0.15, 0.2) is 0 Å². The second-order valence-corrected chi connectivity index (χ2v) is 1.99. The van der Waals surface area contributed by atoms with Crippen LogP contribution in [-0.4, -0.2) is 5.97 Å².